The van der Waals surface area contributed by atoms with Gasteiger partial charge in [0.25, 0.3) is 5.69 Å². The summed E-state index contributed by atoms with van der Waals surface area (Å²) in [6.45, 7) is 1.47. The maximum Gasteiger partial charge on any atom is 0.288 e. The van der Waals surface area contributed by atoms with E-state index in [0.717, 1.165) is 0 Å². The van der Waals surface area contributed by atoms with Gasteiger partial charge in [0.2, 0.25) is 0 Å². The number of nitrogens with one attached hydrogen (secondary N) is 1. The van der Waals surface area contributed by atoms with Gasteiger partial charge in [-0.3, -0.25) is 10.1 Å². The van der Waals surface area contributed by atoms with Gasteiger partial charge in [-0.15, -0.1) is 0 Å². The van der Waals surface area contributed by atoms with Crippen molar-refractivity contribution in [3.8, 4) is 0 Å². The molecule has 2 rings (SSSR count). The van der Waals surface area contributed by atoms with Crippen molar-refractivity contribution in [2.75, 3.05) is 25.1 Å². The second-order valence-electron chi connectivity index (χ2n) is 3.44. The maximum absolute atomic E-state index is 10.5. The number of hydrogen-bond donors (Lipinski definition) is 1. The molecule has 0 amide bonds. The molecule has 0 bridgehead atoms. The summed E-state index contributed by atoms with van der Waals surface area (Å²) in [6, 6.07) is 1.39. The van der Waals surface area contributed by atoms with Crippen molar-refractivity contribution in [2.45, 2.75) is 0 Å². The molecule has 0 atom stereocenters. The molecule has 0 unspecified atom stereocenters. The van der Waals surface area contributed by atoms with Gasteiger partial charge in [0.1, 0.15) is 37.2 Å². The highest BCUT2D eigenvalue weighted by Crippen LogP contribution is 2.24. The van der Waals surface area contributed by atoms with Gasteiger partial charge in [-0.2, -0.15) is 0 Å². The zero-order valence-electron chi connectivity index (χ0n) is 9.26. The largest absolute Gasteiger partial charge is 0.494 e. The van der Waals surface area contributed by atoms with E-state index < -0.39 is 4.92 Å². The lowest BCUT2D eigenvalue weighted by Gasteiger charge is -2.16. The first kappa shape index (κ1) is 12.6. The van der Waals surface area contributed by atoms with E-state index in [0.29, 0.717) is 35.8 Å². The minimum absolute atomic E-state index is 0.0658. The SMILES string of the molecule is O=[N+]([O-])c1cnc(NCC2=COCCO2)c(Br)c1. The summed E-state index contributed by atoms with van der Waals surface area (Å²) in [5, 5.41) is 13.5. The molecular weight excluding hydrogens is 306 g/mol. The number of anilines is 1. The number of pyridine rings is 1. The summed E-state index contributed by atoms with van der Waals surface area (Å²) in [5.41, 5.74) is -0.0658. The molecule has 0 saturated carbocycles. The molecular formula is C10H10BrN3O4. The number of halogens is 1. The van der Waals surface area contributed by atoms with Crippen LogP contribution >= 0.6 is 15.9 Å². The highest BCUT2D eigenvalue weighted by Gasteiger charge is 2.11. The van der Waals surface area contributed by atoms with Gasteiger partial charge in [0, 0.05) is 6.07 Å². The van der Waals surface area contributed by atoms with Crippen LogP contribution in [0.15, 0.2) is 28.8 Å². The Bertz CT molecular complexity index is 492. The molecule has 1 aliphatic rings. The summed E-state index contributed by atoms with van der Waals surface area (Å²) < 4.78 is 10.9. The number of nitrogens with zero attached hydrogens (tertiary/aromatic N) is 2. The molecule has 0 saturated heterocycles. The van der Waals surface area contributed by atoms with E-state index in [9.17, 15) is 10.1 Å². The Labute approximate surface area is 111 Å². The molecule has 1 N–H and O–H groups in total. The second kappa shape index (κ2) is 5.67. The zero-order valence-corrected chi connectivity index (χ0v) is 10.8. The quantitative estimate of drug-likeness (QED) is 0.676. The minimum Gasteiger partial charge on any atom is -0.494 e. The first-order chi connectivity index (χ1) is 8.66. The topological polar surface area (TPSA) is 86.5 Å². The average Bonchev–Trinajstić information content (AvgIpc) is 2.38. The van der Waals surface area contributed by atoms with Crippen molar-refractivity contribution in [3.05, 3.63) is 38.9 Å². The Morgan fingerprint density at radius 2 is 2.39 bits per heavy atom. The Morgan fingerprint density at radius 1 is 1.56 bits per heavy atom. The van der Waals surface area contributed by atoms with Crippen LogP contribution in [0.5, 0.6) is 0 Å². The number of hydrogen-bond acceptors (Lipinski definition) is 6. The predicted molar refractivity (Wildman–Crippen MR) is 67.1 cm³/mol. The fraction of sp³-hybridized carbons (Fsp3) is 0.300. The van der Waals surface area contributed by atoms with Gasteiger partial charge in [0.15, 0.2) is 0 Å². The predicted octanol–water partition coefficient (Wildman–Crippen LogP) is 2.05. The van der Waals surface area contributed by atoms with Gasteiger partial charge in [0.05, 0.1) is 15.9 Å². The van der Waals surface area contributed by atoms with E-state index in [1.807, 2.05) is 0 Å². The Kier molecular flexibility index (Phi) is 3.98. The zero-order chi connectivity index (χ0) is 13.0. The Hall–Kier alpha value is -1.83. The molecule has 1 aliphatic heterocycles. The van der Waals surface area contributed by atoms with E-state index in [1.54, 1.807) is 0 Å². The summed E-state index contributed by atoms with van der Waals surface area (Å²) in [4.78, 5) is 14.0. The molecule has 96 valence electrons. The summed E-state index contributed by atoms with van der Waals surface area (Å²) in [7, 11) is 0. The van der Waals surface area contributed by atoms with Crippen molar-refractivity contribution in [1.29, 1.82) is 0 Å². The smallest absolute Gasteiger partial charge is 0.288 e. The highest BCUT2D eigenvalue weighted by molar-refractivity contribution is 9.10. The summed E-state index contributed by atoms with van der Waals surface area (Å²) >= 11 is 3.22. The first-order valence-corrected chi connectivity index (χ1v) is 5.93. The third-order valence-electron chi connectivity index (χ3n) is 2.17. The molecule has 0 aliphatic carbocycles. The van der Waals surface area contributed by atoms with E-state index in [2.05, 4.69) is 26.2 Å². The second-order valence-corrected chi connectivity index (χ2v) is 4.29. The number of ether oxygens (including phenoxy) is 2. The van der Waals surface area contributed by atoms with Crippen molar-refractivity contribution < 1.29 is 14.4 Å². The number of aromatic nitrogens is 1. The number of nitro groups is 1. The van der Waals surface area contributed by atoms with Crippen LogP contribution in [0.3, 0.4) is 0 Å². The first-order valence-electron chi connectivity index (χ1n) is 5.14. The molecule has 0 fully saturated rings. The van der Waals surface area contributed by atoms with E-state index >= 15 is 0 Å². The molecule has 1 aromatic heterocycles. The van der Waals surface area contributed by atoms with Crippen molar-refractivity contribution in [3.63, 3.8) is 0 Å². The van der Waals surface area contributed by atoms with E-state index in [1.165, 1.54) is 18.5 Å². The van der Waals surface area contributed by atoms with Crippen molar-refractivity contribution in [2.24, 2.45) is 0 Å². The third kappa shape index (κ3) is 3.10. The molecule has 1 aromatic rings. The van der Waals surface area contributed by atoms with Crippen LogP contribution in [0.4, 0.5) is 11.5 Å². The molecule has 0 spiro atoms. The third-order valence-corrected chi connectivity index (χ3v) is 2.78. The monoisotopic (exact) mass is 315 g/mol. The molecule has 7 nitrogen and oxygen atoms in total. The maximum atomic E-state index is 10.5. The molecule has 0 aromatic carbocycles. The van der Waals surface area contributed by atoms with E-state index in [4.69, 9.17) is 9.47 Å². The molecule has 8 heteroatoms. The summed E-state index contributed by atoms with van der Waals surface area (Å²) in [5.74, 6) is 1.17. The lowest BCUT2D eigenvalue weighted by molar-refractivity contribution is -0.385. The molecule has 0 radical (unpaired) electrons. The van der Waals surface area contributed by atoms with Crippen LogP contribution < -0.4 is 5.32 Å². The highest BCUT2D eigenvalue weighted by atomic mass is 79.9. The van der Waals surface area contributed by atoms with Gasteiger partial charge in [-0.1, -0.05) is 0 Å². The van der Waals surface area contributed by atoms with Crippen LogP contribution in [0.1, 0.15) is 0 Å². The normalized spacial score (nSPS) is 14.2. The van der Waals surface area contributed by atoms with Crippen LogP contribution in [-0.4, -0.2) is 29.7 Å². The van der Waals surface area contributed by atoms with Gasteiger partial charge in [-0.05, 0) is 15.9 Å². The van der Waals surface area contributed by atoms with Gasteiger partial charge >= 0.3 is 0 Å². The molecule has 18 heavy (non-hydrogen) atoms. The van der Waals surface area contributed by atoms with Gasteiger partial charge in [-0.25, -0.2) is 4.98 Å². The standard InChI is InChI=1S/C10H10BrN3O4/c11-9-3-7(14(15)16)4-12-10(9)13-5-8-6-17-1-2-18-8/h3-4,6H,1-2,5H2,(H,12,13). The summed E-state index contributed by atoms with van der Waals surface area (Å²) in [6.07, 6.45) is 2.73. The average molecular weight is 316 g/mol. The van der Waals surface area contributed by atoms with Crippen LogP contribution in [0, 0.1) is 10.1 Å². The van der Waals surface area contributed by atoms with Crippen LogP contribution in [0.25, 0.3) is 0 Å². The fourth-order valence-electron chi connectivity index (χ4n) is 1.33. The lowest BCUT2D eigenvalue weighted by Crippen LogP contribution is -2.15. The number of rotatable bonds is 4. The van der Waals surface area contributed by atoms with Crippen molar-refractivity contribution in [1.82, 2.24) is 4.98 Å². The van der Waals surface area contributed by atoms with Crippen molar-refractivity contribution >= 4 is 27.4 Å². The fourth-order valence-corrected chi connectivity index (χ4v) is 1.81. The lowest BCUT2D eigenvalue weighted by atomic mass is 10.4. The Morgan fingerprint density at radius 3 is 3.00 bits per heavy atom. The van der Waals surface area contributed by atoms with E-state index in [-0.39, 0.29) is 5.69 Å². The van der Waals surface area contributed by atoms with Gasteiger partial charge < -0.3 is 14.8 Å². The van der Waals surface area contributed by atoms with Crippen LogP contribution in [-0.2, 0) is 9.47 Å². The molecule has 2 heterocycles. The Balaban J connectivity index is 2.01. The minimum atomic E-state index is -0.498. The van der Waals surface area contributed by atoms with Crippen LogP contribution in [0.2, 0.25) is 0 Å².